The molecule has 0 saturated heterocycles. The van der Waals surface area contributed by atoms with Gasteiger partial charge in [0.15, 0.2) is 0 Å². The zero-order chi connectivity index (χ0) is 11.3. The second-order valence-electron chi connectivity index (χ2n) is 2.95. The molecule has 1 N–H and O–H groups in total. The predicted molar refractivity (Wildman–Crippen MR) is 60.9 cm³/mol. The predicted octanol–water partition coefficient (Wildman–Crippen LogP) is 2.86. The van der Waals surface area contributed by atoms with Gasteiger partial charge in [-0.05, 0) is 35.9 Å². The highest BCUT2D eigenvalue weighted by Crippen LogP contribution is 2.13. The fourth-order valence-corrected chi connectivity index (χ4v) is 1.30. The van der Waals surface area contributed by atoms with Gasteiger partial charge in [-0.15, -0.1) is 0 Å². The Labute approximate surface area is 92.8 Å². The van der Waals surface area contributed by atoms with E-state index in [1.54, 1.807) is 12.2 Å². The summed E-state index contributed by atoms with van der Waals surface area (Å²) in [5, 5.41) is 8.84. The molecule has 0 unspecified atom stereocenters. The molecule has 0 aliphatic rings. The maximum Gasteiger partial charge on any atom is 0.336 e. The van der Waals surface area contributed by atoms with Crippen LogP contribution in [0.3, 0.4) is 0 Å². The van der Waals surface area contributed by atoms with Gasteiger partial charge in [-0.2, -0.15) is 12.6 Å². The molecule has 0 aliphatic carbocycles. The molecule has 1 aromatic carbocycles. The second-order valence-corrected chi connectivity index (χ2v) is 3.40. The van der Waals surface area contributed by atoms with Crippen LogP contribution in [0.15, 0.2) is 24.3 Å². The van der Waals surface area contributed by atoms with Crippen LogP contribution in [0.4, 0.5) is 4.39 Å². The SMILES string of the molecule is O=C(O)c1ccc(F)cc1C=CCCS. The molecule has 0 aliphatic heterocycles. The summed E-state index contributed by atoms with van der Waals surface area (Å²) in [7, 11) is 0. The van der Waals surface area contributed by atoms with Crippen molar-refractivity contribution < 1.29 is 14.3 Å². The zero-order valence-electron chi connectivity index (χ0n) is 7.98. The number of thiol groups is 1. The number of rotatable bonds is 4. The highest BCUT2D eigenvalue weighted by atomic mass is 32.1. The van der Waals surface area contributed by atoms with Crippen LogP contribution >= 0.6 is 12.6 Å². The van der Waals surface area contributed by atoms with Crippen molar-refractivity contribution >= 4 is 24.7 Å². The molecule has 0 aromatic heterocycles. The fourth-order valence-electron chi connectivity index (χ4n) is 1.15. The Balaban J connectivity index is 3.02. The van der Waals surface area contributed by atoms with E-state index < -0.39 is 11.8 Å². The lowest BCUT2D eigenvalue weighted by molar-refractivity contribution is 0.0696. The molecule has 0 saturated carbocycles. The smallest absolute Gasteiger partial charge is 0.336 e. The quantitative estimate of drug-likeness (QED) is 0.775. The van der Waals surface area contributed by atoms with Gasteiger partial charge in [0, 0.05) is 0 Å². The molecule has 0 atom stereocenters. The molecule has 0 spiro atoms. The lowest BCUT2D eigenvalue weighted by Gasteiger charge is -2.00. The van der Waals surface area contributed by atoms with E-state index in [1.165, 1.54) is 12.1 Å². The molecule has 1 rings (SSSR count). The highest BCUT2D eigenvalue weighted by molar-refractivity contribution is 7.80. The van der Waals surface area contributed by atoms with Crippen molar-refractivity contribution in [3.63, 3.8) is 0 Å². The Hall–Kier alpha value is -1.29. The van der Waals surface area contributed by atoms with Crippen molar-refractivity contribution in [3.8, 4) is 0 Å². The molecule has 0 radical (unpaired) electrons. The van der Waals surface area contributed by atoms with Gasteiger partial charge in [0.05, 0.1) is 5.56 Å². The molecule has 0 fully saturated rings. The zero-order valence-corrected chi connectivity index (χ0v) is 8.88. The maximum absolute atomic E-state index is 12.9. The van der Waals surface area contributed by atoms with Gasteiger partial charge in [-0.1, -0.05) is 12.2 Å². The summed E-state index contributed by atoms with van der Waals surface area (Å²) in [5.41, 5.74) is 0.482. The number of halogens is 1. The Morgan fingerprint density at radius 1 is 1.53 bits per heavy atom. The monoisotopic (exact) mass is 226 g/mol. The average Bonchev–Trinajstić information content (AvgIpc) is 2.18. The molecule has 15 heavy (non-hydrogen) atoms. The molecule has 0 heterocycles. The first-order chi connectivity index (χ1) is 7.15. The number of allylic oxidation sites excluding steroid dienone is 1. The summed E-state index contributed by atoms with van der Waals surface area (Å²) in [6.45, 7) is 0. The van der Waals surface area contributed by atoms with Gasteiger partial charge in [0.25, 0.3) is 0 Å². The van der Waals surface area contributed by atoms with Gasteiger partial charge in [0.2, 0.25) is 0 Å². The molecule has 0 amide bonds. The summed E-state index contributed by atoms with van der Waals surface area (Å²) in [6.07, 6.45) is 4.09. The van der Waals surface area contributed by atoms with Crippen LogP contribution in [0.5, 0.6) is 0 Å². The third-order valence-corrected chi connectivity index (χ3v) is 2.10. The molecule has 80 valence electrons. The first-order valence-electron chi connectivity index (χ1n) is 4.45. The van der Waals surface area contributed by atoms with Crippen LogP contribution < -0.4 is 0 Å². The summed E-state index contributed by atoms with van der Waals surface area (Å²) >= 11 is 4.01. The van der Waals surface area contributed by atoms with E-state index in [0.29, 0.717) is 11.3 Å². The van der Waals surface area contributed by atoms with Crippen molar-refractivity contribution in [2.45, 2.75) is 6.42 Å². The van der Waals surface area contributed by atoms with E-state index in [9.17, 15) is 9.18 Å². The summed E-state index contributed by atoms with van der Waals surface area (Å²) < 4.78 is 12.9. The lowest BCUT2D eigenvalue weighted by atomic mass is 10.1. The minimum atomic E-state index is -1.06. The number of aromatic carboxylic acids is 1. The Kier molecular flexibility index (Phi) is 4.37. The number of hydrogen-bond acceptors (Lipinski definition) is 2. The Morgan fingerprint density at radius 3 is 2.87 bits per heavy atom. The summed E-state index contributed by atoms with van der Waals surface area (Å²) in [6, 6.07) is 3.61. The van der Waals surface area contributed by atoms with Crippen LogP contribution in [0, 0.1) is 5.82 Å². The minimum Gasteiger partial charge on any atom is -0.478 e. The van der Waals surface area contributed by atoms with Gasteiger partial charge in [0.1, 0.15) is 5.82 Å². The topological polar surface area (TPSA) is 37.3 Å². The second kappa shape index (κ2) is 5.56. The van der Waals surface area contributed by atoms with Crippen molar-refractivity contribution in [1.29, 1.82) is 0 Å². The first-order valence-corrected chi connectivity index (χ1v) is 5.08. The standard InChI is InChI=1S/C11H11FO2S/c12-9-4-5-10(11(13)14)8(7-9)3-1-2-6-15/h1,3-5,7,15H,2,6H2,(H,13,14). The summed E-state index contributed by atoms with van der Waals surface area (Å²) in [5.74, 6) is -0.820. The number of benzene rings is 1. The van der Waals surface area contributed by atoms with Crippen LogP contribution in [0.25, 0.3) is 6.08 Å². The van der Waals surface area contributed by atoms with E-state index in [2.05, 4.69) is 12.6 Å². The van der Waals surface area contributed by atoms with E-state index in [0.717, 1.165) is 12.5 Å². The van der Waals surface area contributed by atoms with Gasteiger partial charge in [-0.25, -0.2) is 9.18 Å². The number of hydrogen-bond donors (Lipinski definition) is 2. The molecular weight excluding hydrogens is 215 g/mol. The maximum atomic E-state index is 12.9. The van der Waals surface area contributed by atoms with E-state index in [-0.39, 0.29) is 5.56 Å². The average molecular weight is 226 g/mol. The third kappa shape index (κ3) is 3.40. The van der Waals surface area contributed by atoms with Crippen LogP contribution in [0.2, 0.25) is 0 Å². The molecular formula is C11H11FO2S. The van der Waals surface area contributed by atoms with Crippen molar-refractivity contribution in [3.05, 3.63) is 41.2 Å². The molecule has 0 bridgehead atoms. The lowest BCUT2D eigenvalue weighted by Crippen LogP contribution is -1.99. The van der Waals surface area contributed by atoms with Crippen molar-refractivity contribution in [2.24, 2.45) is 0 Å². The number of carbonyl (C=O) groups is 1. The fraction of sp³-hybridized carbons (Fsp3) is 0.182. The highest BCUT2D eigenvalue weighted by Gasteiger charge is 2.08. The molecule has 4 heteroatoms. The number of carboxylic acid groups (broad SMARTS) is 1. The Bertz CT molecular complexity index is 388. The van der Waals surface area contributed by atoms with Crippen LogP contribution in [0.1, 0.15) is 22.3 Å². The van der Waals surface area contributed by atoms with E-state index in [1.807, 2.05) is 0 Å². The van der Waals surface area contributed by atoms with E-state index >= 15 is 0 Å². The molecule has 1 aromatic rings. The largest absolute Gasteiger partial charge is 0.478 e. The van der Waals surface area contributed by atoms with Gasteiger partial charge < -0.3 is 5.11 Å². The normalized spacial score (nSPS) is 10.8. The third-order valence-electron chi connectivity index (χ3n) is 1.84. The minimum absolute atomic E-state index is 0.104. The number of carboxylic acids is 1. The summed E-state index contributed by atoms with van der Waals surface area (Å²) in [4.78, 5) is 10.8. The van der Waals surface area contributed by atoms with E-state index in [4.69, 9.17) is 5.11 Å². The van der Waals surface area contributed by atoms with Gasteiger partial charge in [-0.3, -0.25) is 0 Å². The van der Waals surface area contributed by atoms with Crippen LogP contribution in [-0.2, 0) is 0 Å². The Morgan fingerprint density at radius 2 is 2.27 bits per heavy atom. The van der Waals surface area contributed by atoms with Crippen molar-refractivity contribution in [2.75, 3.05) is 5.75 Å². The first kappa shape index (κ1) is 11.8. The van der Waals surface area contributed by atoms with Crippen molar-refractivity contribution in [1.82, 2.24) is 0 Å². The molecule has 2 nitrogen and oxygen atoms in total. The van der Waals surface area contributed by atoms with Gasteiger partial charge >= 0.3 is 5.97 Å². The van der Waals surface area contributed by atoms with Crippen LogP contribution in [-0.4, -0.2) is 16.8 Å².